The van der Waals surface area contributed by atoms with Crippen LogP contribution in [0.3, 0.4) is 0 Å². The summed E-state index contributed by atoms with van der Waals surface area (Å²) in [6.45, 7) is 6.44. The van der Waals surface area contributed by atoms with Crippen molar-refractivity contribution >= 4 is 0 Å². The Hall–Kier alpha value is -1.60. The molecule has 2 aromatic rings. The van der Waals surface area contributed by atoms with E-state index >= 15 is 0 Å². The zero-order valence-electron chi connectivity index (χ0n) is 11.4. The van der Waals surface area contributed by atoms with Gasteiger partial charge in [0.2, 0.25) is 0 Å². The topological polar surface area (TPSA) is 26.0 Å². The van der Waals surface area contributed by atoms with Crippen molar-refractivity contribution in [2.75, 3.05) is 0 Å². The Morgan fingerprint density at radius 3 is 2.06 bits per heavy atom. The summed E-state index contributed by atoms with van der Waals surface area (Å²) < 4.78 is 0. The fraction of sp³-hybridized carbons (Fsp3) is 0.294. The molecule has 0 saturated carbocycles. The molecule has 1 unspecified atom stereocenters. The summed E-state index contributed by atoms with van der Waals surface area (Å²) in [5, 5.41) is 0. The SMILES string of the molecule is Cc1cc(C)c(C(N)Cc2ccccc2)c(C)c1. The molecule has 0 aliphatic heterocycles. The molecule has 0 saturated heterocycles. The molecule has 0 spiro atoms. The molecule has 94 valence electrons. The molecule has 1 heteroatoms. The van der Waals surface area contributed by atoms with E-state index in [2.05, 4.69) is 57.2 Å². The zero-order chi connectivity index (χ0) is 13.1. The van der Waals surface area contributed by atoms with E-state index in [4.69, 9.17) is 5.73 Å². The minimum Gasteiger partial charge on any atom is -0.324 e. The molecule has 1 atom stereocenters. The third-order valence-corrected chi connectivity index (χ3v) is 3.41. The summed E-state index contributed by atoms with van der Waals surface area (Å²) in [5.74, 6) is 0. The van der Waals surface area contributed by atoms with Crippen LogP contribution < -0.4 is 5.73 Å². The smallest absolute Gasteiger partial charge is 0.0341 e. The van der Waals surface area contributed by atoms with Gasteiger partial charge in [-0.25, -0.2) is 0 Å². The average Bonchev–Trinajstić information content (AvgIpc) is 2.28. The Balaban J connectivity index is 2.27. The monoisotopic (exact) mass is 239 g/mol. The lowest BCUT2D eigenvalue weighted by atomic mass is 9.91. The number of benzene rings is 2. The van der Waals surface area contributed by atoms with Gasteiger partial charge < -0.3 is 5.73 Å². The molecular formula is C17H21N. The summed E-state index contributed by atoms with van der Waals surface area (Å²) >= 11 is 0. The second kappa shape index (κ2) is 5.36. The van der Waals surface area contributed by atoms with Crippen molar-refractivity contribution in [3.8, 4) is 0 Å². The van der Waals surface area contributed by atoms with E-state index in [-0.39, 0.29) is 6.04 Å². The molecule has 0 aliphatic carbocycles. The zero-order valence-corrected chi connectivity index (χ0v) is 11.4. The first-order chi connectivity index (χ1) is 8.58. The van der Waals surface area contributed by atoms with E-state index in [0.29, 0.717) is 0 Å². The van der Waals surface area contributed by atoms with E-state index in [1.54, 1.807) is 0 Å². The lowest BCUT2D eigenvalue weighted by molar-refractivity contribution is 0.711. The highest BCUT2D eigenvalue weighted by atomic mass is 14.6. The molecule has 2 N–H and O–H groups in total. The molecule has 2 aromatic carbocycles. The Kier molecular flexibility index (Phi) is 3.83. The summed E-state index contributed by atoms with van der Waals surface area (Å²) in [5.41, 5.74) is 12.9. The maximum atomic E-state index is 6.38. The second-order valence-corrected chi connectivity index (χ2v) is 5.11. The average molecular weight is 239 g/mol. The van der Waals surface area contributed by atoms with Gasteiger partial charge >= 0.3 is 0 Å². The largest absolute Gasteiger partial charge is 0.324 e. The molecule has 2 rings (SSSR count). The van der Waals surface area contributed by atoms with Gasteiger partial charge in [-0.1, -0.05) is 48.0 Å². The van der Waals surface area contributed by atoms with Gasteiger partial charge in [0.05, 0.1) is 0 Å². The summed E-state index contributed by atoms with van der Waals surface area (Å²) in [6, 6.07) is 15.0. The van der Waals surface area contributed by atoms with E-state index < -0.39 is 0 Å². The van der Waals surface area contributed by atoms with Crippen LogP contribution in [0.5, 0.6) is 0 Å². The van der Waals surface area contributed by atoms with Crippen LogP contribution in [0.4, 0.5) is 0 Å². The predicted octanol–water partition coefficient (Wildman–Crippen LogP) is 3.85. The minimum atomic E-state index is 0.0769. The first-order valence-corrected chi connectivity index (χ1v) is 6.45. The van der Waals surface area contributed by atoms with Gasteiger partial charge in [0, 0.05) is 6.04 Å². The van der Waals surface area contributed by atoms with Crippen LogP contribution >= 0.6 is 0 Å². The standard InChI is InChI=1S/C17H21N/c1-12-9-13(2)17(14(3)10-12)16(18)11-15-7-5-4-6-8-15/h4-10,16H,11,18H2,1-3H3. The fourth-order valence-corrected chi connectivity index (χ4v) is 2.75. The molecule has 0 amide bonds. The summed E-state index contributed by atoms with van der Waals surface area (Å²) in [7, 11) is 0. The highest BCUT2D eigenvalue weighted by molar-refractivity contribution is 5.40. The number of hydrogen-bond donors (Lipinski definition) is 1. The summed E-state index contributed by atoms with van der Waals surface area (Å²) in [4.78, 5) is 0. The molecular weight excluding hydrogens is 218 g/mol. The highest BCUT2D eigenvalue weighted by Gasteiger charge is 2.12. The quantitative estimate of drug-likeness (QED) is 0.865. The van der Waals surface area contributed by atoms with Gasteiger partial charge in [-0.3, -0.25) is 0 Å². The molecule has 1 nitrogen and oxygen atoms in total. The van der Waals surface area contributed by atoms with Crippen LogP contribution in [0.1, 0.15) is 33.9 Å². The van der Waals surface area contributed by atoms with Crippen LogP contribution in [0.25, 0.3) is 0 Å². The van der Waals surface area contributed by atoms with Crippen molar-refractivity contribution < 1.29 is 0 Å². The Labute approximate surface area is 110 Å². The van der Waals surface area contributed by atoms with Gasteiger partial charge in [-0.2, -0.15) is 0 Å². The van der Waals surface area contributed by atoms with Crippen LogP contribution in [0, 0.1) is 20.8 Å². The first-order valence-electron chi connectivity index (χ1n) is 6.45. The molecule has 0 radical (unpaired) electrons. The molecule has 18 heavy (non-hydrogen) atoms. The summed E-state index contributed by atoms with van der Waals surface area (Å²) in [6.07, 6.45) is 0.894. The van der Waals surface area contributed by atoms with Crippen molar-refractivity contribution in [3.63, 3.8) is 0 Å². The molecule has 0 bridgehead atoms. The minimum absolute atomic E-state index is 0.0769. The van der Waals surface area contributed by atoms with Crippen LogP contribution in [-0.2, 0) is 6.42 Å². The maximum Gasteiger partial charge on any atom is 0.0341 e. The van der Waals surface area contributed by atoms with E-state index in [9.17, 15) is 0 Å². The Bertz CT molecular complexity index is 506. The lowest BCUT2D eigenvalue weighted by Gasteiger charge is -2.18. The normalized spacial score (nSPS) is 12.4. The Morgan fingerprint density at radius 1 is 0.944 bits per heavy atom. The van der Waals surface area contributed by atoms with Crippen LogP contribution in [0.15, 0.2) is 42.5 Å². The molecule has 0 aromatic heterocycles. The third kappa shape index (κ3) is 2.80. The van der Waals surface area contributed by atoms with Gasteiger partial charge in [-0.05, 0) is 49.4 Å². The van der Waals surface area contributed by atoms with Crippen LogP contribution in [-0.4, -0.2) is 0 Å². The van der Waals surface area contributed by atoms with Crippen LogP contribution in [0.2, 0.25) is 0 Å². The highest BCUT2D eigenvalue weighted by Crippen LogP contribution is 2.24. The second-order valence-electron chi connectivity index (χ2n) is 5.11. The van der Waals surface area contributed by atoms with Crippen molar-refractivity contribution in [1.29, 1.82) is 0 Å². The maximum absolute atomic E-state index is 6.38. The number of hydrogen-bond acceptors (Lipinski definition) is 1. The first kappa shape index (κ1) is 12.8. The van der Waals surface area contributed by atoms with Gasteiger partial charge in [0.25, 0.3) is 0 Å². The van der Waals surface area contributed by atoms with Crippen molar-refractivity contribution in [1.82, 2.24) is 0 Å². The van der Waals surface area contributed by atoms with Gasteiger partial charge in [0.1, 0.15) is 0 Å². The van der Waals surface area contributed by atoms with E-state index in [0.717, 1.165) is 6.42 Å². The molecule has 0 heterocycles. The number of nitrogens with two attached hydrogens (primary N) is 1. The number of rotatable bonds is 3. The molecule has 0 fully saturated rings. The molecule has 0 aliphatic rings. The fourth-order valence-electron chi connectivity index (χ4n) is 2.75. The number of aryl methyl sites for hydroxylation is 3. The van der Waals surface area contributed by atoms with Gasteiger partial charge in [-0.15, -0.1) is 0 Å². The van der Waals surface area contributed by atoms with Crippen molar-refractivity contribution in [2.24, 2.45) is 5.73 Å². The van der Waals surface area contributed by atoms with E-state index in [1.165, 1.54) is 27.8 Å². The Morgan fingerprint density at radius 2 is 1.50 bits per heavy atom. The predicted molar refractivity (Wildman–Crippen MR) is 77.7 cm³/mol. The lowest BCUT2D eigenvalue weighted by Crippen LogP contribution is -2.16. The van der Waals surface area contributed by atoms with E-state index in [1.807, 2.05) is 6.07 Å². The van der Waals surface area contributed by atoms with Gasteiger partial charge in [0.15, 0.2) is 0 Å². The van der Waals surface area contributed by atoms with Crippen molar-refractivity contribution in [2.45, 2.75) is 33.2 Å². The third-order valence-electron chi connectivity index (χ3n) is 3.41. The van der Waals surface area contributed by atoms with Crippen molar-refractivity contribution in [3.05, 3.63) is 70.3 Å².